The Morgan fingerprint density at radius 3 is 0.474 bits per heavy atom. The Kier molecular flexibility index (Phi) is 184. The standard InChI is InChI=1S/Mn.2H3N.2H2O4S.6H2O/c;;;2*1-5(2,3)4;;;;;;/h;2*1H3;2*(H2,1,2,3,4);6*1H2/q+2;;;;;;;;;;/p-2. The van der Waals surface area contributed by atoms with Gasteiger partial charge in [0.05, 0.1) is 0 Å². The van der Waals surface area contributed by atoms with Crippen LogP contribution in [-0.2, 0) is 37.9 Å². The van der Waals surface area contributed by atoms with E-state index < -0.39 is 20.8 Å². The average Bonchev–Trinajstić information content (AvgIpc) is 1.12. The summed E-state index contributed by atoms with van der Waals surface area (Å²) < 4.78 is 68.2. The maximum Gasteiger partial charge on any atom is 2.00 e. The van der Waals surface area contributed by atoms with Crippen LogP contribution in [0.15, 0.2) is 0 Å². The second-order valence-electron chi connectivity index (χ2n) is 0.816. The molecule has 0 aromatic carbocycles. The van der Waals surface area contributed by atoms with Crippen molar-refractivity contribution >= 4 is 20.8 Å². The van der Waals surface area contributed by atoms with Crippen molar-refractivity contribution in [2.45, 2.75) is 0 Å². The summed E-state index contributed by atoms with van der Waals surface area (Å²) in [6.45, 7) is 0. The van der Waals surface area contributed by atoms with E-state index >= 15 is 0 Å². The monoisotopic (exact) mass is 391 g/mol. The predicted octanol–water partition coefficient (Wildman–Crippen LogP) is -6.87. The summed E-state index contributed by atoms with van der Waals surface area (Å²) in [5.74, 6) is 0. The Balaban J connectivity index is -0.00000000508. The van der Waals surface area contributed by atoms with Crippen LogP contribution in [0.25, 0.3) is 0 Å². The van der Waals surface area contributed by atoms with Gasteiger partial charge < -0.3 is 63.4 Å². The van der Waals surface area contributed by atoms with Crippen molar-refractivity contribution in [3.8, 4) is 0 Å². The molecule has 16 nitrogen and oxygen atoms in total. The molecule has 0 unspecified atom stereocenters. The molecule has 0 atom stereocenters. The molecule has 0 bridgehead atoms. The molecule has 0 rings (SSSR count). The van der Waals surface area contributed by atoms with Gasteiger partial charge in [-0.25, -0.2) is 0 Å². The fraction of sp³-hybridized carbons (Fsp3) is 0. The van der Waals surface area contributed by atoms with E-state index in [4.69, 9.17) is 35.0 Å². The van der Waals surface area contributed by atoms with Gasteiger partial charge in [0.15, 0.2) is 0 Å². The van der Waals surface area contributed by atoms with Crippen molar-refractivity contribution in [2.24, 2.45) is 0 Å². The number of quaternary nitrogens is 2. The van der Waals surface area contributed by atoms with Gasteiger partial charge in [-0.3, -0.25) is 16.8 Å². The summed E-state index contributed by atoms with van der Waals surface area (Å²) in [6, 6.07) is 0. The van der Waals surface area contributed by atoms with E-state index in [2.05, 4.69) is 0 Å². The zero-order chi connectivity index (χ0) is 9.00. The topological polar surface area (TPSA) is 423 Å². The molecule has 133 valence electrons. The molecule has 19 heavy (non-hydrogen) atoms. The summed E-state index contributed by atoms with van der Waals surface area (Å²) in [5.41, 5.74) is 0. The molecule has 0 aromatic heterocycles. The third-order valence-electron chi connectivity index (χ3n) is 0. The molecule has 1 radical (unpaired) electrons. The van der Waals surface area contributed by atoms with Gasteiger partial charge in [0.1, 0.15) is 0 Å². The maximum absolute atomic E-state index is 8.52. The van der Waals surface area contributed by atoms with Crippen LogP contribution in [-0.4, -0.2) is 67.9 Å². The molecule has 0 fully saturated rings. The Morgan fingerprint density at radius 2 is 0.474 bits per heavy atom. The first-order chi connectivity index (χ1) is 4.00. The van der Waals surface area contributed by atoms with Gasteiger partial charge in [-0.05, 0) is 0 Å². The van der Waals surface area contributed by atoms with Crippen molar-refractivity contribution in [3.05, 3.63) is 0 Å². The summed E-state index contributed by atoms with van der Waals surface area (Å²) in [5, 5.41) is 0. The van der Waals surface area contributed by atoms with Crippen LogP contribution in [0.4, 0.5) is 0 Å². The van der Waals surface area contributed by atoms with E-state index in [0.717, 1.165) is 0 Å². The van der Waals surface area contributed by atoms with Crippen LogP contribution in [0.5, 0.6) is 0 Å². The predicted molar refractivity (Wildman–Crippen MR) is 54.6 cm³/mol. The molecule has 0 saturated heterocycles. The maximum atomic E-state index is 8.52. The van der Waals surface area contributed by atoms with Gasteiger partial charge in [0.2, 0.25) is 0 Å². The van der Waals surface area contributed by atoms with Crippen LogP contribution in [0.3, 0.4) is 0 Å². The van der Waals surface area contributed by atoms with Gasteiger partial charge in [-0.2, -0.15) is 0 Å². The second-order valence-corrected chi connectivity index (χ2v) is 2.45. The summed E-state index contributed by atoms with van der Waals surface area (Å²) in [7, 11) is -10.3. The number of hydrogen-bond acceptors (Lipinski definition) is 8. The molecular weight excluding hydrogens is 371 g/mol. The molecule has 0 aliphatic heterocycles. The van der Waals surface area contributed by atoms with Gasteiger partial charge in [0, 0.05) is 20.8 Å². The molecule has 0 aliphatic carbocycles. The Bertz CT molecular complexity index is 220. The first-order valence-electron chi connectivity index (χ1n) is 1.33. The summed E-state index contributed by atoms with van der Waals surface area (Å²) in [4.78, 5) is 0. The largest absolute Gasteiger partial charge is 2.00 e. The third-order valence-corrected chi connectivity index (χ3v) is 0. The molecule has 0 spiro atoms. The van der Waals surface area contributed by atoms with Crippen molar-refractivity contribution < 1.29 is 85.0 Å². The van der Waals surface area contributed by atoms with Crippen molar-refractivity contribution in [2.75, 3.05) is 0 Å². The van der Waals surface area contributed by atoms with Gasteiger partial charge in [-0.1, -0.05) is 0 Å². The molecule has 0 aromatic rings. The van der Waals surface area contributed by atoms with Crippen LogP contribution in [0.1, 0.15) is 0 Å². The van der Waals surface area contributed by atoms with E-state index in [1.807, 2.05) is 0 Å². The summed E-state index contributed by atoms with van der Waals surface area (Å²) in [6.07, 6.45) is 0. The molecule has 0 aliphatic rings. The van der Waals surface area contributed by atoms with E-state index in [1.54, 1.807) is 0 Å². The smallest absolute Gasteiger partial charge is 0.759 e. The fourth-order valence-corrected chi connectivity index (χ4v) is 0. The average molecular weight is 391 g/mol. The minimum absolute atomic E-state index is 0. The van der Waals surface area contributed by atoms with Crippen LogP contribution in [0.2, 0.25) is 0 Å². The molecule has 19 heteroatoms. The van der Waals surface area contributed by atoms with Crippen molar-refractivity contribution in [1.82, 2.24) is 12.3 Å². The Hall–Kier alpha value is -0.0605. The van der Waals surface area contributed by atoms with Crippen molar-refractivity contribution in [1.29, 1.82) is 0 Å². The van der Waals surface area contributed by atoms with Crippen molar-refractivity contribution in [3.63, 3.8) is 0 Å². The number of rotatable bonds is 0. The zero-order valence-corrected chi connectivity index (χ0v) is 12.3. The van der Waals surface area contributed by atoms with E-state index in [9.17, 15) is 0 Å². The quantitative estimate of drug-likeness (QED) is 0.226. The number of hydrogen-bond donors (Lipinski definition) is 2. The normalized spacial score (nSPS) is 6.11. The van der Waals surface area contributed by atoms with Gasteiger partial charge in [-0.15, -0.1) is 0 Å². The van der Waals surface area contributed by atoms with Crippen LogP contribution in [0, 0.1) is 0 Å². The molecule has 0 saturated carbocycles. The Labute approximate surface area is 118 Å². The van der Waals surface area contributed by atoms with Gasteiger partial charge >= 0.3 is 17.1 Å². The first kappa shape index (κ1) is 96.7. The molecule has 0 amide bonds. The van der Waals surface area contributed by atoms with E-state index in [0.29, 0.717) is 0 Å². The SMILES string of the molecule is O.O.O.O.O.O.O=S(=O)([O-])[O-].O=S(=O)([O-])[O-].[Mn+2].[NH4+].[NH4+]. The van der Waals surface area contributed by atoms with E-state index in [-0.39, 0.29) is 62.2 Å². The van der Waals surface area contributed by atoms with Gasteiger partial charge in [0.25, 0.3) is 0 Å². The molecular formula is H20MnN2O14S2. The zero-order valence-electron chi connectivity index (χ0n) is 9.46. The fourth-order valence-electron chi connectivity index (χ4n) is 0. The minimum Gasteiger partial charge on any atom is -0.759 e. The Morgan fingerprint density at radius 1 is 0.474 bits per heavy atom. The van der Waals surface area contributed by atoms with E-state index in [1.165, 1.54) is 0 Å². The third kappa shape index (κ3) is 1240000. The second kappa shape index (κ2) is 36.1. The van der Waals surface area contributed by atoms with Crippen LogP contribution >= 0.6 is 0 Å². The molecule has 20 N–H and O–H groups in total. The summed E-state index contributed by atoms with van der Waals surface area (Å²) >= 11 is 0. The van der Waals surface area contributed by atoms with Crippen LogP contribution < -0.4 is 12.3 Å². The minimum atomic E-state index is -5.17. The first-order valence-corrected chi connectivity index (χ1v) is 4.00. The molecule has 0 heterocycles.